The number of likely N-dealkylation sites (tertiary alicyclic amines) is 1. The van der Waals surface area contributed by atoms with Crippen molar-refractivity contribution < 1.29 is 18.7 Å². The molecule has 1 aliphatic carbocycles. The topological polar surface area (TPSA) is 94.8 Å². The lowest BCUT2D eigenvalue weighted by Gasteiger charge is -2.41. The standard InChI is InChI=1S/C37H36ClFN6O3/c1-21(39)36(46)45-14-13-44(19-24(45)11-12-40)35-33-30(41-37(42-35)48-20-25-16-23-17-31(23)43(25)2)18-28(27-9-5-15-47-34(27)33)26-8-3-6-22-7-4-10-29(38)32(22)26/h3-4,6-8,10,18,23-25,31H,1,5,9,11,13-17,19-20H2,2H3/t23-,24?,25-,31+/m0/s1. The van der Waals surface area contributed by atoms with Gasteiger partial charge in [0.1, 0.15) is 18.2 Å². The van der Waals surface area contributed by atoms with Crippen molar-refractivity contribution in [1.82, 2.24) is 19.8 Å². The zero-order valence-corrected chi connectivity index (χ0v) is 27.5. The van der Waals surface area contributed by atoms with Gasteiger partial charge in [0.15, 0.2) is 5.83 Å². The number of hydrogen-bond donors (Lipinski definition) is 0. The van der Waals surface area contributed by atoms with Crippen molar-refractivity contribution in [3.63, 3.8) is 0 Å². The number of fused-ring (bicyclic) bond motifs is 5. The number of aromatic nitrogens is 2. The number of likely N-dealkylation sites (N-methyl/N-ethyl adjacent to an activating group) is 1. The molecular weight excluding hydrogens is 631 g/mol. The lowest BCUT2D eigenvalue weighted by molar-refractivity contribution is -0.131. The largest absolute Gasteiger partial charge is 0.492 e. The zero-order valence-electron chi connectivity index (χ0n) is 26.8. The second-order valence-electron chi connectivity index (χ2n) is 13.3. The van der Waals surface area contributed by atoms with Crippen molar-refractivity contribution in [2.45, 2.75) is 50.2 Å². The SMILES string of the molecule is C=C(F)C(=O)N1CCN(c2nc(OC[C@@H]3C[C@H]4C[C@H]4N3C)nc3cc(-c4cccc5cccc(Cl)c45)c4c(c23)OCCC4)CC1CC#N. The van der Waals surface area contributed by atoms with Gasteiger partial charge in [0.2, 0.25) is 0 Å². The zero-order chi connectivity index (χ0) is 33.1. The maximum Gasteiger partial charge on any atom is 0.319 e. The summed E-state index contributed by atoms with van der Waals surface area (Å²) >= 11 is 6.82. The van der Waals surface area contributed by atoms with Gasteiger partial charge in [-0.05, 0) is 67.3 Å². The van der Waals surface area contributed by atoms with Gasteiger partial charge >= 0.3 is 6.01 Å². The van der Waals surface area contributed by atoms with E-state index in [0.717, 1.165) is 63.8 Å². The van der Waals surface area contributed by atoms with E-state index in [1.165, 1.54) is 11.3 Å². The number of hydrogen-bond acceptors (Lipinski definition) is 8. The molecule has 246 valence electrons. The van der Waals surface area contributed by atoms with Crippen LogP contribution in [0.2, 0.25) is 5.02 Å². The van der Waals surface area contributed by atoms with Gasteiger partial charge in [0.25, 0.3) is 5.91 Å². The molecule has 0 radical (unpaired) electrons. The van der Waals surface area contributed by atoms with E-state index in [2.05, 4.69) is 48.9 Å². The summed E-state index contributed by atoms with van der Waals surface area (Å²) in [5.41, 5.74) is 3.73. The second-order valence-corrected chi connectivity index (χ2v) is 13.8. The smallest absolute Gasteiger partial charge is 0.319 e. The summed E-state index contributed by atoms with van der Waals surface area (Å²) < 4.78 is 26.8. The number of carbonyl (C=O) groups excluding carboxylic acids is 1. The van der Waals surface area contributed by atoms with Gasteiger partial charge < -0.3 is 19.3 Å². The van der Waals surface area contributed by atoms with Gasteiger partial charge in [-0.15, -0.1) is 0 Å². The Morgan fingerprint density at radius 3 is 2.75 bits per heavy atom. The number of anilines is 1. The van der Waals surface area contributed by atoms with Crippen molar-refractivity contribution in [3.8, 4) is 29.0 Å². The number of carbonyl (C=O) groups is 1. The van der Waals surface area contributed by atoms with Gasteiger partial charge in [-0.3, -0.25) is 9.69 Å². The van der Waals surface area contributed by atoms with Crippen LogP contribution in [0.15, 0.2) is 54.9 Å². The first-order valence-electron chi connectivity index (χ1n) is 16.6. The average molecular weight is 667 g/mol. The third kappa shape index (κ3) is 5.30. The predicted molar refractivity (Wildman–Crippen MR) is 183 cm³/mol. The van der Waals surface area contributed by atoms with Crippen LogP contribution in [0.5, 0.6) is 11.8 Å². The number of piperazine rings is 1. The van der Waals surface area contributed by atoms with Gasteiger partial charge in [-0.25, -0.2) is 4.39 Å². The Kier molecular flexibility index (Phi) is 7.85. The second kappa shape index (κ2) is 12.2. The summed E-state index contributed by atoms with van der Waals surface area (Å²) in [6.45, 7) is 5.09. The molecule has 2 saturated heterocycles. The number of nitriles is 1. The number of amides is 1. The van der Waals surface area contributed by atoms with Crippen LogP contribution in [0.1, 0.15) is 31.2 Å². The Labute approximate surface area is 283 Å². The van der Waals surface area contributed by atoms with Crippen molar-refractivity contribution in [3.05, 3.63) is 65.5 Å². The summed E-state index contributed by atoms with van der Waals surface area (Å²) in [5.74, 6) is 0.263. The van der Waals surface area contributed by atoms with Gasteiger partial charge in [0.05, 0.1) is 36.0 Å². The highest BCUT2D eigenvalue weighted by molar-refractivity contribution is 6.36. The summed E-state index contributed by atoms with van der Waals surface area (Å²) in [7, 11) is 2.16. The minimum absolute atomic E-state index is 0.0405. The molecule has 3 aromatic carbocycles. The van der Waals surface area contributed by atoms with E-state index in [1.807, 2.05) is 23.1 Å². The fraction of sp³-hybridized carbons (Fsp3) is 0.405. The van der Waals surface area contributed by atoms with Crippen LogP contribution in [-0.4, -0.2) is 83.7 Å². The Hall–Kier alpha value is -4.46. The molecule has 1 unspecified atom stereocenters. The van der Waals surface area contributed by atoms with Crippen molar-refractivity contribution >= 4 is 45.0 Å². The van der Waals surface area contributed by atoms with E-state index in [4.69, 9.17) is 31.0 Å². The Morgan fingerprint density at radius 2 is 1.98 bits per heavy atom. The van der Waals surface area contributed by atoms with E-state index in [0.29, 0.717) is 48.2 Å². The molecule has 0 N–H and O–H groups in total. The molecule has 0 spiro atoms. The molecule has 4 heterocycles. The summed E-state index contributed by atoms with van der Waals surface area (Å²) in [6, 6.07) is 17.0. The molecule has 4 aromatic rings. The van der Waals surface area contributed by atoms with Crippen molar-refractivity contribution in [2.75, 3.05) is 44.8 Å². The molecule has 4 aliphatic rings. The summed E-state index contributed by atoms with van der Waals surface area (Å²) in [6.07, 6.45) is 4.05. The lowest BCUT2D eigenvalue weighted by atomic mass is 9.89. The fourth-order valence-electron chi connectivity index (χ4n) is 8.03. The van der Waals surface area contributed by atoms with Crippen LogP contribution in [0.3, 0.4) is 0 Å². The van der Waals surface area contributed by atoms with E-state index in [1.54, 1.807) is 0 Å². The highest BCUT2D eigenvalue weighted by atomic mass is 35.5. The molecule has 1 saturated carbocycles. The van der Waals surface area contributed by atoms with E-state index in [9.17, 15) is 14.4 Å². The van der Waals surface area contributed by atoms with Crippen molar-refractivity contribution in [1.29, 1.82) is 5.26 Å². The number of rotatable bonds is 7. The maximum absolute atomic E-state index is 14.0. The van der Waals surface area contributed by atoms with Crippen LogP contribution >= 0.6 is 11.6 Å². The monoisotopic (exact) mass is 666 g/mol. The molecule has 9 nitrogen and oxygen atoms in total. The van der Waals surface area contributed by atoms with Gasteiger partial charge in [-0.1, -0.05) is 48.5 Å². The quantitative estimate of drug-likeness (QED) is 0.212. The minimum Gasteiger partial charge on any atom is -0.492 e. The molecule has 4 atom stereocenters. The first-order valence-corrected chi connectivity index (χ1v) is 17.0. The summed E-state index contributed by atoms with van der Waals surface area (Å²) in [5, 5.41) is 13.1. The van der Waals surface area contributed by atoms with Gasteiger partial charge in [0, 0.05) is 47.7 Å². The number of nitrogens with zero attached hydrogens (tertiary/aromatic N) is 6. The van der Waals surface area contributed by atoms with E-state index >= 15 is 0 Å². The summed E-state index contributed by atoms with van der Waals surface area (Å²) in [4.78, 5) is 28.5. The number of ether oxygens (including phenoxy) is 2. The minimum atomic E-state index is -1.03. The predicted octanol–water partition coefficient (Wildman–Crippen LogP) is 6.31. The third-order valence-corrected chi connectivity index (χ3v) is 10.8. The molecule has 8 rings (SSSR count). The highest BCUT2D eigenvalue weighted by Gasteiger charge is 2.50. The molecule has 11 heteroatoms. The fourth-order valence-corrected chi connectivity index (χ4v) is 8.31. The van der Waals surface area contributed by atoms with Crippen LogP contribution < -0.4 is 14.4 Å². The Bertz CT molecular complexity index is 2010. The number of halogens is 2. The number of benzene rings is 3. The molecule has 3 aliphatic heterocycles. The highest BCUT2D eigenvalue weighted by Crippen LogP contribution is 2.48. The average Bonchev–Trinajstić information content (AvgIpc) is 3.81. The molecule has 1 amide bonds. The Morgan fingerprint density at radius 1 is 1.15 bits per heavy atom. The molecule has 1 aromatic heterocycles. The lowest BCUT2D eigenvalue weighted by Crippen LogP contribution is -2.55. The van der Waals surface area contributed by atoms with Crippen LogP contribution in [0.4, 0.5) is 10.2 Å². The van der Waals surface area contributed by atoms with E-state index < -0.39 is 17.8 Å². The first-order chi connectivity index (χ1) is 23.3. The van der Waals surface area contributed by atoms with Gasteiger partial charge in [-0.2, -0.15) is 15.2 Å². The molecular formula is C37H36ClFN6O3. The van der Waals surface area contributed by atoms with E-state index in [-0.39, 0.29) is 25.5 Å². The normalized spacial score (nSPS) is 23.4. The molecule has 3 fully saturated rings. The van der Waals surface area contributed by atoms with Crippen LogP contribution in [0, 0.1) is 17.2 Å². The molecule has 48 heavy (non-hydrogen) atoms. The van der Waals surface area contributed by atoms with Crippen molar-refractivity contribution in [2.24, 2.45) is 5.92 Å². The third-order valence-electron chi connectivity index (χ3n) is 10.5. The first kappa shape index (κ1) is 30.8. The maximum atomic E-state index is 14.0. The Balaban J connectivity index is 1.27. The number of piperidine rings is 1. The molecule has 0 bridgehead atoms. The van der Waals surface area contributed by atoms with Crippen LogP contribution in [-0.2, 0) is 11.2 Å². The van der Waals surface area contributed by atoms with Crippen LogP contribution in [0.25, 0.3) is 32.8 Å².